The highest BCUT2D eigenvalue weighted by atomic mass is 16.6. The number of benzene rings is 1. The molecule has 0 aliphatic heterocycles. The Morgan fingerprint density at radius 1 is 1.04 bits per heavy atom. The first kappa shape index (κ1) is 18.9. The van der Waals surface area contributed by atoms with Crippen molar-refractivity contribution in [2.45, 2.75) is 40.2 Å². The van der Waals surface area contributed by atoms with Crippen molar-refractivity contribution in [1.82, 2.24) is 5.32 Å². The van der Waals surface area contributed by atoms with Crippen LogP contribution in [0.25, 0.3) is 0 Å². The largest absolute Gasteiger partial charge is 0.490 e. The maximum absolute atomic E-state index is 11.5. The summed E-state index contributed by atoms with van der Waals surface area (Å²) in [7, 11) is 0. The normalized spacial score (nSPS) is 10.8. The fourth-order valence-corrected chi connectivity index (χ4v) is 1.85. The number of carbonyl (C=O) groups is 1. The molecule has 6 nitrogen and oxygen atoms in total. The van der Waals surface area contributed by atoms with Crippen LogP contribution in [0.4, 0.5) is 10.5 Å². The summed E-state index contributed by atoms with van der Waals surface area (Å²) in [6.45, 7) is 11.6. The molecular formula is C17H28N2O4. The van der Waals surface area contributed by atoms with Crippen LogP contribution >= 0.6 is 0 Å². The van der Waals surface area contributed by atoms with Gasteiger partial charge in [0.05, 0.1) is 13.2 Å². The van der Waals surface area contributed by atoms with Crippen LogP contribution in [-0.2, 0) is 4.74 Å². The number of nitrogens with one attached hydrogen (secondary N) is 2. The SMILES string of the molecule is CCOc1ccc(NCCNC(=O)OC(C)(C)C)cc1OCC. The van der Waals surface area contributed by atoms with Crippen molar-refractivity contribution in [3.05, 3.63) is 18.2 Å². The average molecular weight is 324 g/mol. The highest BCUT2D eigenvalue weighted by molar-refractivity contribution is 5.67. The van der Waals surface area contributed by atoms with Crippen molar-refractivity contribution in [3.63, 3.8) is 0 Å². The van der Waals surface area contributed by atoms with Gasteiger partial charge >= 0.3 is 6.09 Å². The van der Waals surface area contributed by atoms with Gasteiger partial charge in [-0.3, -0.25) is 0 Å². The lowest BCUT2D eigenvalue weighted by Crippen LogP contribution is -2.34. The Morgan fingerprint density at radius 3 is 2.30 bits per heavy atom. The molecule has 0 fully saturated rings. The molecule has 1 aromatic rings. The zero-order valence-electron chi connectivity index (χ0n) is 14.7. The first-order valence-electron chi connectivity index (χ1n) is 7.96. The highest BCUT2D eigenvalue weighted by Gasteiger charge is 2.15. The van der Waals surface area contributed by atoms with Crippen LogP contribution in [0.15, 0.2) is 18.2 Å². The summed E-state index contributed by atoms with van der Waals surface area (Å²) in [5.41, 5.74) is 0.418. The average Bonchev–Trinajstić information content (AvgIpc) is 2.45. The third-order valence-electron chi connectivity index (χ3n) is 2.67. The van der Waals surface area contributed by atoms with E-state index in [1.807, 2.05) is 52.8 Å². The number of hydrogen-bond donors (Lipinski definition) is 2. The Kier molecular flexibility index (Phi) is 7.51. The van der Waals surface area contributed by atoms with Gasteiger partial charge < -0.3 is 24.8 Å². The van der Waals surface area contributed by atoms with Crippen LogP contribution in [0.5, 0.6) is 11.5 Å². The molecule has 0 aliphatic rings. The van der Waals surface area contributed by atoms with Gasteiger partial charge in [-0.25, -0.2) is 4.79 Å². The fourth-order valence-electron chi connectivity index (χ4n) is 1.85. The van der Waals surface area contributed by atoms with Crippen LogP contribution in [0.3, 0.4) is 0 Å². The third kappa shape index (κ3) is 7.63. The van der Waals surface area contributed by atoms with Crippen LogP contribution in [0.2, 0.25) is 0 Å². The molecule has 0 unspecified atom stereocenters. The molecule has 1 amide bonds. The quantitative estimate of drug-likeness (QED) is 0.717. The van der Waals surface area contributed by atoms with Crippen molar-refractivity contribution in [2.75, 3.05) is 31.6 Å². The molecule has 0 saturated heterocycles. The van der Waals surface area contributed by atoms with Crippen LogP contribution in [-0.4, -0.2) is 38.0 Å². The minimum Gasteiger partial charge on any atom is -0.490 e. The third-order valence-corrected chi connectivity index (χ3v) is 2.67. The summed E-state index contributed by atoms with van der Waals surface area (Å²) in [6.07, 6.45) is -0.416. The highest BCUT2D eigenvalue weighted by Crippen LogP contribution is 2.30. The molecule has 0 bridgehead atoms. The fraction of sp³-hybridized carbons (Fsp3) is 0.588. The number of anilines is 1. The maximum atomic E-state index is 11.5. The van der Waals surface area contributed by atoms with Gasteiger partial charge in [-0.05, 0) is 46.8 Å². The Labute approximate surface area is 138 Å². The van der Waals surface area contributed by atoms with E-state index in [0.29, 0.717) is 32.1 Å². The van der Waals surface area contributed by atoms with E-state index < -0.39 is 11.7 Å². The number of hydrogen-bond acceptors (Lipinski definition) is 5. The van der Waals surface area contributed by atoms with Crippen LogP contribution in [0.1, 0.15) is 34.6 Å². The summed E-state index contributed by atoms with van der Waals surface area (Å²) in [5.74, 6) is 1.44. The van der Waals surface area contributed by atoms with E-state index in [9.17, 15) is 4.79 Å². The van der Waals surface area contributed by atoms with Crippen LogP contribution < -0.4 is 20.1 Å². The second kappa shape index (κ2) is 9.12. The van der Waals surface area contributed by atoms with Crippen molar-refractivity contribution in [2.24, 2.45) is 0 Å². The van der Waals surface area contributed by atoms with Crippen molar-refractivity contribution in [1.29, 1.82) is 0 Å². The number of amides is 1. The molecule has 2 N–H and O–H groups in total. The van der Waals surface area contributed by atoms with E-state index in [1.165, 1.54) is 0 Å². The topological polar surface area (TPSA) is 68.8 Å². The Balaban J connectivity index is 2.45. The smallest absolute Gasteiger partial charge is 0.407 e. The number of alkyl carbamates (subject to hydrolysis) is 1. The van der Waals surface area contributed by atoms with E-state index in [2.05, 4.69) is 10.6 Å². The molecule has 0 spiro atoms. The molecular weight excluding hydrogens is 296 g/mol. The molecule has 1 rings (SSSR count). The van der Waals surface area contributed by atoms with E-state index in [0.717, 1.165) is 11.4 Å². The summed E-state index contributed by atoms with van der Waals surface area (Å²) >= 11 is 0. The van der Waals surface area contributed by atoms with Gasteiger partial charge in [0, 0.05) is 24.8 Å². The van der Waals surface area contributed by atoms with Crippen molar-refractivity contribution >= 4 is 11.8 Å². The van der Waals surface area contributed by atoms with E-state index in [-0.39, 0.29) is 0 Å². The molecule has 23 heavy (non-hydrogen) atoms. The second-order valence-electron chi connectivity index (χ2n) is 5.88. The molecule has 6 heteroatoms. The summed E-state index contributed by atoms with van der Waals surface area (Å²) < 4.78 is 16.3. The number of ether oxygens (including phenoxy) is 3. The first-order chi connectivity index (χ1) is 10.9. The minimum absolute atomic E-state index is 0.416. The molecule has 0 radical (unpaired) electrons. The molecule has 0 aromatic heterocycles. The molecule has 0 saturated carbocycles. The van der Waals surface area contributed by atoms with Gasteiger partial charge in [0.15, 0.2) is 11.5 Å². The molecule has 130 valence electrons. The van der Waals surface area contributed by atoms with Gasteiger partial charge in [0.1, 0.15) is 5.60 Å². The Morgan fingerprint density at radius 2 is 1.70 bits per heavy atom. The Hall–Kier alpha value is -2.11. The number of carbonyl (C=O) groups excluding carboxylic acids is 1. The van der Waals surface area contributed by atoms with Crippen LogP contribution in [0, 0.1) is 0 Å². The first-order valence-corrected chi connectivity index (χ1v) is 7.96. The molecule has 0 atom stereocenters. The van der Waals surface area contributed by atoms with Crippen molar-refractivity contribution < 1.29 is 19.0 Å². The van der Waals surface area contributed by atoms with E-state index >= 15 is 0 Å². The number of rotatable bonds is 8. The van der Waals surface area contributed by atoms with E-state index in [4.69, 9.17) is 14.2 Å². The lowest BCUT2D eigenvalue weighted by Gasteiger charge is -2.19. The molecule has 1 aromatic carbocycles. The van der Waals surface area contributed by atoms with Gasteiger partial charge in [0.2, 0.25) is 0 Å². The van der Waals surface area contributed by atoms with Gasteiger partial charge in [-0.2, -0.15) is 0 Å². The lowest BCUT2D eigenvalue weighted by molar-refractivity contribution is 0.0530. The zero-order chi connectivity index (χ0) is 17.3. The second-order valence-corrected chi connectivity index (χ2v) is 5.88. The molecule has 0 heterocycles. The van der Waals surface area contributed by atoms with Gasteiger partial charge in [-0.15, -0.1) is 0 Å². The zero-order valence-corrected chi connectivity index (χ0v) is 14.7. The lowest BCUT2D eigenvalue weighted by atomic mass is 10.2. The predicted octanol–water partition coefficient (Wildman–Crippen LogP) is 3.42. The minimum atomic E-state index is -0.487. The van der Waals surface area contributed by atoms with Gasteiger partial charge in [0.25, 0.3) is 0 Å². The standard InChI is InChI=1S/C17H28N2O4/c1-6-21-14-9-8-13(12-15(14)22-7-2)18-10-11-19-16(20)23-17(3,4)5/h8-9,12,18H,6-7,10-11H2,1-5H3,(H,19,20). The molecule has 0 aliphatic carbocycles. The maximum Gasteiger partial charge on any atom is 0.407 e. The monoisotopic (exact) mass is 324 g/mol. The summed E-state index contributed by atoms with van der Waals surface area (Å²) in [4.78, 5) is 11.5. The summed E-state index contributed by atoms with van der Waals surface area (Å²) in [6, 6.07) is 5.68. The van der Waals surface area contributed by atoms with Gasteiger partial charge in [-0.1, -0.05) is 0 Å². The van der Waals surface area contributed by atoms with E-state index in [1.54, 1.807) is 0 Å². The Bertz CT molecular complexity index is 498. The van der Waals surface area contributed by atoms with Crippen molar-refractivity contribution in [3.8, 4) is 11.5 Å². The predicted molar refractivity (Wildman–Crippen MR) is 91.5 cm³/mol. The summed E-state index contributed by atoms with van der Waals surface area (Å²) in [5, 5.41) is 5.93.